The lowest BCUT2D eigenvalue weighted by molar-refractivity contribution is 0.100. The van der Waals surface area contributed by atoms with Gasteiger partial charge in [0.1, 0.15) is 17.1 Å². The number of rotatable bonds is 7. The molecule has 0 bridgehead atoms. The number of primary amides is 1. The third-order valence-electron chi connectivity index (χ3n) is 5.01. The normalized spacial score (nSPS) is 13.8. The second-order valence-electron chi connectivity index (χ2n) is 6.77. The van der Waals surface area contributed by atoms with Crippen molar-refractivity contribution in [1.29, 1.82) is 0 Å². The number of methoxy groups -OCH3 is 2. The van der Waals surface area contributed by atoms with E-state index < -0.39 is 5.91 Å². The molecule has 0 unspecified atom stereocenters. The SMILES string of the molecule is COc1cc(Nc2nc(N(C)C3CNC3)n3ccnc3c2C(N)=O)cc(OC)c1. The first-order valence-corrected chi connectivity index (χ1v) is 9.12. The second-order valence-corrected chi connectivity index (χ2v) is 6.77. The molecule has 1 saturated heterocycles. The van der Waals surface area contributed by atoms with E-state index in [1.165, 1.54) is 0 Å². The van der Waals surface area contributed by atoms with E-state index in [1.54, 1.807) is 49.2 Å². The first-order chi connectivity index (χ1) is 14.0. The molecule has 0 saturated carbocycles. The number of carbonyl (C=O) groups excluding carboxylic acids is 1. The Morgan fingerprint density at radius 1 is 1.28 bits per heavy atom. The Kier molecular flexibility index (Phi) is 4.85. The lowest BCUT2D eigenvalue weighted by atomic mass is 10.1. The van der Waals surface area contributed by atoms with Gasteiger partial charge >= 0.3 is 0 Å². The quantitative estimate of drug-likeness (QED) is 0.540. The minimum Gasteiger partial charge on any atom is -0.497 e. The van der Waals surface area contributed by atoms with Crippen LogP contribution in [0.1, 0.15) is 10.4 Å². The van der Waals surface area contributed by atoms with Crippen molar-refractivity contribution in [3.63, 3.8) is 0 Å². The van der Waals surface area contributed by atoms with Gasteiger partial charge in [-0.1, -0.05) is 0 Å². The van der Waals surface area contributed by atoms with Gasteiger partial charge in [0.25, 0.3) is 5.91 Å². The lowest BCUT2D eigenvalue weighted by Crippen LogP contribution is -2.56. The van der Waals surface area contributed by atoms with Gasteiger partial charge in [-0.15, -0.1) is 0 Å². The summed E-state index contributed by atoms with van der Waals surface area (Å²) in [7, 11) is 5.11. The maximum Gasteiger partial charge on any atom is 0.256 e. The number of fused-ring (bicyclic) bond motifs is 1. The molecule has 0 radical (unpaired) electrons. The lowest BCUT2D eigenvalue weighted by Gasteiger charge is -2.36. The van der Waals surface area contributed by atoms with Gasteiger partial charge in [0.2, 0.25) is 5.95 Å². The Morgan fingerprint density at radius 3 is 2.52 bits per heavy atom. The average Bonchev–Trinajstić information content (AvgIpc) is 3.14. The molecule has 152 valence electrons. The standard InChI is InChI=1S/C19H23N7O3/c1-25(12-9-21-10-12)19-24-17(15(16(20)27)18-22-4-5-26(18)19)23-11-6-13(28-2)8-14(7-11)29-3/h4-8,12,21,23H,9-10H2,1-3H3,(H2,20,27). The molecule has 1 amide bonds. The number of anilines is 3. The van der Waals surface area contributed by atoms with E-state index in [2.05, 4.69) is 20.5 Å². The summed E-state index contributed by atoms with van der Waals surface area (Å²) >= 11 is 0. The Bertz CT molecular complexity index is 1040. The molecular formula is C19H23N7O3. The fourth-order valence-electron chi connectivity index (χ4n) is 3.26. The molecule has 4 rings (SSSR count). The van der Waals surface area contributed by atoms with E-state index in [0.29, 0.717) is 40.6 Å². The van der Waals surface area contributed by atoms with Crippen LogP contribution in [0.15, 0.2) is 30.6 Å². The molecule has 2 aromatic heterocycles. The van der Waals surface area contributed by atoms with Gasteiger partial charge in [0, 0.05) is 56.4 Å². The molecule has 1 aromatic carbocycles. The van der Waals surface area contributed by atoms with Gasteiger partial charge in [-0.2, -0.15) is 4.98 Å². The van der Waals surface area contributed by atoms with E-state index in [0.717, 1.165) is 13.1 Å². The fraction of sp³-hybridized carbons (Fsp3) is 0.316. The zero-order valence-electron chi connectivity index (χ0n) is 16.5. The van der Waals surface area contributed by atoms with Crippen molar-refractivity contribution < 1.29 is 14.3 Å². The van der Waals surface area contributed by atoms with Crippen molar-refractivity contribution in [3.8, 4) is 11.5 Å². The maximum absolute atomic E-state index is 12.3. The van der Waals surface area contributed by atoms with E-state index in [9.17, 15) is 4.79 Å². The summed E-state index contributed by atoms with van der Waals surface area (Å²) in [6.45, 7) is 1.73. The predicted octanol–water partition coefficient (Wildman–Crippen LogP) is 0.997. The van der Waals surface area contributed by atoms with Crippen LogP contribution in [0.3, 0.4) is 0 Å². The van der Waals surface area contributed by atoms with Crippen LogP contribution < -0.4 is 30.7 Å². The van der Waals surface area contributed by atoms with Crippen LogP contribution in [0.2, 0.25) is 0 Å². The Morgan fingerprint density at radius 2 is 1.97 bits per heavy atom. The Labute approximate surface area is 167 Å². The van der Waals surface area contributed by atoms with E-state index in [-0.39, 0.29) is 5.56 Å². The van der Waals surface area contributed by atoms with Crippen molar-refractivity contribution >= 4 is 29.0 Å². The summed E-state index contributed by atoms with van der Waals surface area (Å²) in [6.07, 6.45) is 3.39. The number of hydrogen-bond acceptors (Lipinski definition) is 8. The molecule has 0 atom stereocenters. The van der Waals surface area contributed by atoms with Crippen molar-refractivity contribution in [3.05, 3.63) is 36.2 Å². The van der Waals surface area contributed by atoms with Gasteiger partial charge in [-0.3, -0.25) is 9.20 Å². The summed E-state index contributed by atoms with van der Waals surface area (Å²) in [5.41, 5.74) is 6.98. The molecule has 29 heavy (non-hydrogen) atoms. The molecule has 0 aliphatic carbocycles. The molecule has 3 aromatic rings. The number of amides is 1. The zero-order valence-corrected chi connectivity index (χ0v) is 16.5. The minimum absolute atomic E-state index is 0.209. The minimum atomic E-state index is -0.620. The Hall–Kier alpha value is -3.53. The van der Waals surface area contributed by atoms with Crippen LogP contribution in [0.25, 0.3) is 5.65 Å². The van der Waals surface area contributed by atoms with Crippen LogP contribution in [-0.2, 0) is 0 Å². The van der Waals surface area contributed by atoms with Crippen LogP contribution in [0.4, 0.5) is 17.5 Å². The Balaban J connectivity index is 1.84. The van der Waals surface area contributed by atoms with Crippen molar-refractivity contribution in [2.45, 2.75) is 6.04 Å². The topological polar surface area (TPSA) is 119 Å². The van der Waals surface area contributed by atoms with Gasteiger partial charge in [0.15, 0.2) is 11.5 Å². The van der Waals surface area contributed by atoms with Gasteiger partial charge in [-0.05, 0) is 0 Å². The molecule has 0 spiro atoms. The van der Waals surface area contributed by atoms with Crippen molar-refractivity contribution in [2.75, 3.05) is 44.6 Å². The highest BCUT2D eigenvalue weighted by molar-refractivity contribution is 6.04. The molecule has 1 aliphatic heterocycles. The monoisotopic (exact) mass is 397 g/mol. The molecule has 1 aliphatic rings. The molecular weight excluding hydrogens is 374 g/mol. The maximum atomic E-state index is 12.3. The number of aromatic nitrogens is 3. The molecule has 4 N–H and O–H groups in total. The number of carbonyl (C=O) groups is 1. The smallest absolute Gasteiger partial charge is 0.256 e. The summed E-state index contributed by atoms with van der Waals surface area (Å²) in [6, 6.07) is 5.62. The number of benzene rings is 1. The average molecular weight is 397 g/mol. The van der Waals surface area contributed by atoms with E-state index in [1.807, 2.05) is 7.05 Å². The van der Waals surface area contributed by atoms with Crippen molar-refractivity contribution in [2.24, 2.45) is 5.73 Å². The highest BCUT2D eigenvalue weighted by Gasteiger charge is 2.27. The number of hydrogen-bond donors (Lipinski definition) is 3. The first kappa shape index (κ1) is 18.8. The third kappa shape index (κ3) is 3.38. The van der Waals surface area contributed by atoms with Gasteiger partial charge < -0.3 is 30.7 Å². The van der Waals surface area contributed by atoms with Crippen molar-refractivity contribution in [1.82, 2.24) is 19.7 Å². The van der Waals surface area contributed by atoms with Crippen LogP contribution in [0, 0.1) is 0 Å². The number of likely N-dealkylation sites (N-methyl/N-ethyl adjacent to an activating group) is 1. The number of nitrogens with zero attached hydrogens (tertiary/aromatic N) is 4. The summed E-state index contributed by atoms with van der Waals surface area (Å²) in [5, 5.41) is 6.44. The number of nitrogens with one attached hydrogen (secondary N) is 2. The number of imidazole rings is 1. The van der Waals surface area contributed by atoms with E-state index in [4.69, 9.17) is 20.2 Å². The highest BCUT2D eigenvalue weighted by Crippen LogP contribution is 2.31. The first-order valence-electron chi connectivity index (χ1n) is 9.12. The molecule has 10 nitrogen and oxygen atoms in total. The summed E-state index contributed by atoms with van der Waals surface area (Å²) < 4.78 is 12.4. The largest absolute Gasteiger partial charge is 0.497 e. The third-order valence-corrected chi connectivity index (χ3v) is 5.01. The molecule has 10 heteroatoms. The molecule has 3 heterocycles. The second kappa shape index (κ2) is 7.47. The summed E-state index contributed by atoms with van der Waals surface area (Å²) in [4.78, 5) is 23.4. The number of nitrogens with two attached hydrogens (primary N) is 1. The van der Waals surface area contributed by atoms with Crippen LogP contribution >= 0.6 is 0 Å². The zero-order chi connectivity index (χ0) is 20.5. The predicted molar refractivity (Wildman–Crippen MR) is 109 cm³/mol. The van der Waals surface area contributed by atoms with Crippen LogP contribution in [0.5, 0.6) is 11.5 Å². The van der Waals surface area contributed by atoms with E-state index >= 15 is 0 Å². The fourth-order valence-corrected chi connectivity index (χ4v) is 3.26. The van der Waals surface area contributed by atoms with Gasteiger partial charge in [-0.25, -0.2) is 4.98 Å². The summed E-state index contributed by atoms with van der Waals surface area (Å²) in [5.74, 6) is 1.57. The number of ether oxygens (including phenoxy) is 2. The van der Waals surface area contributed by atoms with Crippen LogP contribution in [-0.4, -0.2) is 60.7 Å². The van der Waals surface area contributed by atoms with Gasteiger partial charge in [0.05, 0.1) is 20.3 Å². The molecule has 1 fully saturated rings. The highest BCUT2D eigenvalue weighted by atomic mass is 16.5.